The van der Waals surface area contributed by atoms with Gasteiger partial charge in [-0.3, -0.25) is 4.79 Å². The second-order valence-corrected chi connectivity index (χ2v) is 7.95. The number of aliphatic carboxylic acids is 1. The molecule has 0 saturated carbocycles. The number of aliphatic hydroxyl groups excluding tert-OH is 3. The highest BCUT2D eigenvalue weighted by Crippen LogP contribution is 2.19. The molecule has 2 aromatic rings. The van der Waals surface area contributed by atoms with Gasteiger partial charge in [0.15, 0.2) is 6.10 Å². The molecule has 0 saturated heterocycles. The van der Waals surface area contributed by atoms with Crippen LogP contribution < -0.4 is 5.32 Å². The van der Waals surface area contributed by atoms with E-state index in [9.17, 15) is 24.9 Å². The van der Waals surface area contributed by atoms with E-state index in [1.807, 2.05) is 61.5 Å². The van der Waals surface area contributed by atoms with E-state index >= 15 is 0 Å². The molecule has 2 aromatic carbocycles. The third kappa shape index (κ3) is 8.49. The molecule has 0 aliphatic rings. The van der Waals surface area contributed by atoms with E-state index in [-0.39, 0.29) is 37.6 Å². The predicted octanol–water partition coefficient (Wildman–Crippen LogP) is 1.99. The summed E-state index contributed by atoms with van der Waals surface area (Å²) in [6.07, 6.45) is -2.71. The Kier molecular flexibility index (Phi) is 9.65. The average molecular weight is 430 g/mol. The second-order valence-electron chi connectivity index (χ2n) is 7.95. The van der Waals surface area contributed by atoms with Gasteiger partial charge in [-0.1, -0.05) is 61.5 Å². The number of hydrogen-bond acceptors (Lipinski definition) is 5. The van der Waals surface area contributed by atoms with Crippen molar-refractivity contribution < 1.29 is 30.0 Å². The van der Waals surface area contributed by atoms with Crippen LogP contribution in [0.15, 0.2) is 54.6 Å². The molecule has 0 bridgehead atoms. The summed E-state index contributed by atoms with van der Waals surface area (Å²) < 4.78 is 0. The lowest BCUT2D eigenvalue weighted by molar-refractivity contribution is -0.147. The standard InChI is InChI=1S/C24H31NO6/c1-16(7-12-20(26)24(30)31)13-21(27)22(28)15-25-23(29)14-17-8-10-19(11-9-17)18-5-3-2-4-6-18/h2-6,8-11,16,20-22,26-28H,7,12-15H2,1H3,(H,25,29)(H,30,31)/t16-,20-,21+,22-/m1/s1. The van der Waals surface area contributed by atoms with Crippen molar-refractivity contribution in [2.75, 3.05) is 6.54 Å². The zero-order chi connectivity index (χ0) is 22.8. The first-order valence-electron chi connectivity index (χ1n) is 10.4. The number of carbonyl (C=O) groups is 2. The summed E-state index contributed by atoms with van der Waals surface area (Å²) in [5.41, 5.74) is 3.01. The Balaban J connectivity index is 1.73. The predicted molar refractivity (Wildman–Crippen MR) is 117 cm³/mol. The molecule has 0 unspecified atom stereocenters. The van der Waals surface area contributed by atoms with Gasteiger partial charge in [0.2, 0.25) is 5.91 Å². The summed E-state index contributed by atoms with van der Waals surface area (Å²) in [5.74, 6) is -1.61. The van der Waals surface area contributed by atoms with Crippen LogP contribution >= 0.6 is 0 Å². The van der Waals surface area contributed by atoms with Gasteiger partial charge in [0, 0.05) is 6.54 Å². The summed E-state index contributed by atoms with van der Waals surface area (Å²) in [6.45, 7) is 1.73. The van der Waals surface area contributed by atoms with Crippen LogP contribution in [0.3, 0.4) is 0 Å². The summed E-state index contributed by atoms with van der Waals surface area (Å²) in [4.78, 5) is 22.8. The monoisotopic (exact) mass is 429 g/mol. The maximum absolute atomic E-state index is 12.2. The fraction of sp³-hybridized carbons (Fsp3) is 0.417. The van der Waals surface area contributed by atoms with Crippen molar-refractivity contribution in [2.45, 2.75) is 50.9 Å². The van der Waals surface area contributed by atoms with E-state index in [1.165, 1.54) is 0 Å². The molecule has 0 radical (unpaired) electrons. The SMILES string of the molecule is C[C@H](CC[C@@H](O)C(=O)O)C[C@H](O)[C@H](O)CNC(=O)Cc1ccc(-c2ccccc2)cc1. The Bertz CT molecular complexity index is 824. The van der Waals surface area contributed by atoms with Crippen molar-refractivity contribution in [3.63, 3.8) is 0 Å². The number of carbonyl (C=O) groups excluding carboxylic acids is 1. The Labute approximate surface area is 182 Å². The van der Waals surface area contributed by atoms with Crippen LogP contribution in [0.4, 0.5) is 0 Å². The minimum absolute atomic E-state index is 0.0768. The van der Waals surface area contributed by atoms with Crippen LogP contribution in [0.2, 0.25) is 0 Å². The number of carboxylic acid groups (broad SMARTS) is 1. The Hall–Kier alpha value is -2.74. The van der Waals surface area contributed by atoms with Crippen molar-refractivity contribution in [1.82, 2.24) is 5.32 Å². The number of amides is 1. The Morgan fingerprint density at radius 2 is 1.48 bits per heavy atom. The number of benzene rings is 2. The molecule has 0 aliphatic carbocycles. The second kappa shape index (κ2) is 12.2. The number of carboxylic acids is 1. The molecular formula is C24H31NO6. The molecule has 0 aromatic heterocycles. The van der Waals surface area contributed by atoms with E-state index in [0.717, 1.165) is 16.7 Å². The minimum Gasteiger partial charge on any atom is -0.479 e. The van der Waals surface area contributed by atoms with Gasteiger partial charge in [0.25, 0.3) is 0 Å². The normalized spacial score (nSPS) is 15.0. The lowest BCUT2D eigenvalue weighted by Crippen LogP contribution is -2.40. The lowest BCUT2D eigenvalue weighted by atomic mass is 9.94. The van der Waals surface area contributed by atoms with Crippen LogP contribution in [-0.2, 0) is 16.0 Å². The van der Waals surface area contributed by atoms with E-state index in [1.54, 1.807) is 0 Å². The zero-order valence-electron chi connectivity index (χ0n) is 17.6. The van der Waals surface area contributed by atoms with Crippen molar-refractivity contribution in [1.29, 1.82) is 0 Å². The first-order chi connectivity index (χ1) is 14.8. The first-order valence-corrected chi connectivity index (χ1v) is 10.4. The maximum Gasteiger partial charge on any atom is 0.332 e. The lowest BCUT2D eigenvalue weighted by Gasteiger charge is -2.22. The van der Waals surface area contributed by atoms with Crippen LogP contribution in [0.1, 0.15) is 31.7 Å². The molecule has 7 nitrogen and oxygen atoms in total. The van der Waals surface area contributed by atoms with Crippen molar-refractivity contribution in [3.8, 4) is 11.1 Å². The zero-order valence-corrected chi connectivity index (χ0v) is 17.6. The van der Waals surface area contributed by atoms with E-state index in [4.69, 9.17) is 5.11 Å². The fourth-order valence-electron chi connectivity index (χ4n) is 3.30. The van der Waals surface area contributed by atoms with Crippen molar-refractivity contribution in [3.05, 3.63) is 60.2 Å². The van der Waals surface area contributed by atoms with Gasteiger partial charge in [-0.25, -0.2) is 4.79 Å². The number of hydrogen-bond donors (Lipinski definition) is 5. The molecule has 7 heteroatoms. The minimum atomic E-state index is -1.43. The molecule has 0 heterocycles. The van der Waals surface area contributed by atoms with Crippen LogP contribution in [0.25, 0.3) is 11.1 Å². The van der Waals surface area contributed by atoms with E-state index in [0.29, 0.717) is 6.42 Å². The molecule has 5 N–H and O–H groups in total. The first kappa shape index (κ1) is 24.5. The summed E-state index contributed by atoms with van der Waals surface area (Å²) in [7, 11) is 0. The van der Waals surface area contributed by atoms with Crippen LogP contribution in [0.5, 0.6) is 0 Å². The number of aliphatic hydroxyl groups is 3. The van der Waals surface area contributed by atoms with Gasteiger partial charge in [0.1, 0.15) is 0 Å². The van der Waals surface area contributed by atoms with Crippen LogP contribution in [-0.4, -0.2) is 57.2 Å². The van der Waals surface area contributed by atoms with Gasteiger partial charge in [-0.15, -0.1) is 0 Å². The Morgan fingerprint density at radius 1 is 0.871 bits per heavy atom. The van der Waals surface area contributed by atoms with E-state index < -0.39 is 24.3 Å². The molecule has 0 aliphatic heterocycles. The third-order valence-corrected chi connectivity index (χ3v) is 5.24. The molecule has 0 fully saturated rings. The average Bonchev–Trinajstić information content (AvgIpc) is 2.76. The van der Waals surface area contributed by atoms with Gasteiger partial charge >= 0.3 is 5.97 Å². The highest BCUT2D eigenvalue weighted by Gasteiger charge is 2.21. The Morgan fingerprint density at radius 3 is 2.10 bits per heavy atom. The smallest absolute Gasteiger partial charge is 0.332 e. The topological polar surface area (TPSA) is 127 Å². The number of nitrogens with one attached hydrogen (secondary N) is 1. The third-order valence-electron chi connectivity index (χ3n) is 5.24. The summed E-state index contributed by atoms with van der Waals surface area (Å²) in [5, 5.41) is 40.8. The molecule has 31 heavy (non-hydrogen) atoms. The quantitative estimate of drug-likeness (QED) is 0.351. The van der Waals surface area contributed by atoms with Crippen molar-refractivity contribution >= 4 is 11.9 Å². The molecule has 168 valence electrons. The van der Waals surface area contributed by atoms with Gasteiger partial charge in [-0.2, -0.15) is 0 Å². The van der Waals surface area contributed by atoms with Gasteiger partial charge in [0.05, 0.1) is 18.6 Å². The molecule has 2 rings (SSSR count). The fourth-order valence-corrected chi connectivity index (χ4v) is 3.30. The summed E-state index contributed by atoms with van der Waals surface area (Å²) >= 11 is 0. The maximum atomic E-state index is 12.2. The highest BCUT2D eigenvalue weighted by molar-refractivity contribution is 5.79. The largest absolute Gasteiger partial charge is 0.479 e. The molecule has 4 atom stereocenters. The van der Waals surface area contributed by atoms with E-state index in [2.05, 4.69) is 5.32 Å². The van der Waals surface area contributed by atoms with Crippen LogP contribution in [0, 0.1) is 5.92 Å². The van der Waals surface area contributed by atoms with Gasteiger partial charge in [-0.05, 0) is 41.9 Å². The number of rotatable bonds is 12. The van der Waals surface area contributed by atoms with Crippen molar-refractivity contribution in [2.24, 2.45) is 5.92 Å². The van der Waals surface area contributed by atoms with Gasteiger partial charge < -0.3 is 25.7 Å². The summed E-state index contributed by atoms with van der Waals surface area (Å²) in [6, 6.07) is 17.6. The highest BCUT2D eigenvalue weighted by atomic mass is 16.4. The molecule has 1 amide bonds. The molecule has 0 spiro atoms. The molecular weight excluding hydrogens is 398 g/mol.